The fourth-order valence-electron chi connectivity index (χ4n) is 7.04. The Kier molecular flexibility index (Phi) is 7.46. The van der Waals surface area contributed by atoms with Gasteiger partial charge in [-0.25, -0.2) is 4.98 Å². The Balaban J connectivity index is 1.53. The number of rotatable bonds is 6. The summed E-state index contributed by atoms with van der Waals surface area (Å²) in [4.78, 5) is 5.38. The Labute approximate surface area is 271 Å². The maximum atomic E-state index is 5.38. The number of thiophene rings is 1. The predicted molar refractivity (Wildman–Crippen MR) is 195 cm³/mol. The fourth-order valence-corrected chi connectivity index (χ4v) is 7.96. The van der Waals surface area contributed by atoms with E-state index in [4.69, 9.17) is 4.98 Å². The summed E-state index contributed by atoms with van der Waals surface area (Å²) in [6.07, 6.45) is 0. The molecule has 0 N–H and O–H groups in total. The first kappa shape index (κ1) is 29.3. The van der Waals surface area contributed by atoms with Gasteiger partial charge in [-0.2, -0.15) is 0 Å². The van der Waals surface area contributed by atoms with Crippen LogP contribution >= 0.6 is 11.3 Å². The SMILES string of the molecule is Cc1cc(C)c(-c2ccc3scc(-c4nc5ccccc5n4-c4c(C(C)C)cc(-c5ccccc5)cc4C(C)C)c3c2)c(C)c1. The van der Waals surface area contributed by atoms with E-state index < -0.39 is 0 Å². The van der Waals surface area contributed by atoms with E-state index in [-0.39, 0.29) is 0 Å². The zero-order valence-corrected chi connectivity index (χ0v) is 28.1. The van der Waals surface area contributed by atoms with Crippen molar-refractivity contribution in [2.24, 2.45) is 0 Å². The van der Waals surface area contributed by atoms with Gasteiger partial charge < -0.3 is 0 Å². The Hall–Kier alpha value is -4.47. The van der Waals surface area contributed by atoms with Crippen LogP contribution in [0.3, 0.4) is 0 Å². The minimum atomic E-state index is 0.327. The molecule has 0 aliphatic rings. The van der Waals surface area contributed by atoms with Gasteiger partial charge in [-0.05, 0) is 114 Å². The van der Waals surface area contributed by atoms with Crippen molar-refractivity contribution in [3.05, 3.63) is 130 Å². The molecular weight excluding hydrogens is 565 g/mol. The average Bonchev–Trinajstić information content (AvgIpc) is 3.61. The number of aromatic nitrogens is 2. The summed E-state index contributed by atoms with van der Waals surface area (Å²) in [7, 11) is 0. The minimum absolute atomic E-state index is 0.327. The van der Waals surface area contributed by atoms with E-state index in [1.165, 1.54) is 71.4 Å². The van der Waals surface area contributed by atoms with Crippen molar-refractivity contribution in [1.29, 1.82) is 0 Å². The van der Waals surface area contributed by atoms with Crippen LogP contribution < -0.4 is 0 Å². The summed E-state index contributed by atoms with van der Waals surface area (Å²) in [5.41, 5.74) is 16.4. The van der Waals surface area contributed by atoms with Gasteiger partial charge in [-0.3, -0.25) is 4.57 Å². The highest BCUT2D eigenvalue weighted by molar-refractivity contribution is 7.17. The maximum Gasteiger partial charge on any atom is 0.147 e. The molecule has 7 rings (SSSR count). The first-order valence-corrected chi connectivity index (χ1v) is 16.9. The second kappa shape index (κ2) is 11.5. The van der Waals surface area contributed by atoms with Crippen LogP contribution in [-0.2, 0) is 0 Å². The molecule has 0 saturated carbocycles. The Morgan fingerprint density at radius 3 is 1.96 bits per heavy atom. The Bertz CT molecular complexity index is 2140. The highest BCUT2D eigenvalue weighted by Crippen LogP contribution is 2.43. The van der Waals surface area contributed by atoms with Crippen LogP contribution in [0.4, 0.5) is 0 Å². The molecule has 45 heavy (non-hydrogen) atoms. The van der Waals surface area contributed by atoms with Crippen molar-refractivity contribution in [3.8, 4) is 39.3 Å². The van der Waals surface area contributed by atoms with Gasteiger partial charge in [-0.1, -0.05) is 93.9 Å². The molecule has 5 aromatic carbocycles. The molecule has 7 aromatic rings. The van der Waals surface area contributed by atoms with E-state index in [0.717, 1.165) is 16.9 Å². The highest BCUT2D eigenvalue weighted by Gasteiger charge is 2.25. The molecule has 0 aliphatic carbocycles. The number of hydrogen-bond acceptors (Lipinski definition) is 2. The number of aryl methyl sites for hydroxylation is 3. The molecule has 0 bridgehead atoms. The van der Waals surface area contributed by atoms with Crippen LogP contribution in [0.5, 0.6) is 0 Å². The number of imidazole rings is 1. The first-order chi connectivity index (χ1) is 21.7. The van der Waals surface area contributed by atoms with Gasteiger partial charge in [-0.15, -0.1) is 11.3 Å². The zero-order chi connectivity index (χ0) is 31.4. The summed E-state index contributed by atoms with van der Waals surface area (Å²) in [5, 5.41) is 3.57. The van der Waals surface area contributed by atoms with Crippen LogP contribution in [-0.4, -0.2) is 9.55 Å². The normalized spacial score (nSPS) is 11.8. The van der Waals surface area contributed by atoms with E-state index in [1.807, 2.05) is 0 Å². The number of para-hydroxylation sites is 2. The molecule has 2 nitrogen and oxygen atoms in total. The van der Waals surface area contributed by atoms with Crippen LogP contribution in [0.1, 0.15) is 67.3 Å². The van der Waals surface area contributed by atoms with Crippen molar-refractivity contribution in [1.82, 2.24) is 9.55 Å². The Morgan fingerprint density at radius 2 is 1.29 bits per heavy atom. The van der Waals surface area contributed by atoms with Crippen molar-refractivity contribution < 1.29 is 0 Å². The van der Waals surface area contributed by atoms with Crippen molar-refractivity contribution >= 4 is 32.5 Å². The van der Waals surface area contributed by atoms with Crippen LogP contribution in [0, 0.1) is 20.8 Å². The van der Waals surface area contributed by atoms with Crippen molar-refractivity contribution in [3.63, 3.8) is 0 Å². The summed E-state index contributed by atoms with van der Waals surface area (Å²) < 4.78 is 3.74. The fraction of sp³-hybridized carbons (Fsp3) is 0.214. The standard InChI is InChI=1S/C42H40N2S/c1-25(2)33-22-32(30-13-9-8-10-14-30)23-34(26(3)4)41(33)44-38-16-12-11-15-37(38)43-42(44)36-24-45-39-18-17-31(21-35(36)39)40-28(6)19-27(5)20-29(40)7/h8-26H,1-7H3. The quantitative estimate of drug-likeness (QED) is 0.185. The number of hydrogen-bond donors (Lipinski definition) is 0. The predicted octanol–water partition coefficient (Wildman–Crippen LogP) is 12.4. The van der Waals surface area contributed by atoms with E-state index in [9.17, 15) is 0 Å². The number of nitrogens with zero attached hydrogens (tertiary/aromatic N) is 2. The molecular formula is C42H40N2S. The summed E-state index contributed by atoms with van der Waals surface area (Å²) in [6.45, 7) is 15.9. The van der Waals surface area contributed by atoms with Gasteiger partial charge >= 0.3 is 0 Å². The monoisotopic (exact) mass is 604 g/mol. The summed E-state index contributed by atoms with van der Waals surface area (Å²) in [6, 6.07) is 35.8. The molecule has 0 aliphatic heterocycles. The lowest BCUT2D eigenvalue weighted by molar-refractivity contribution is 0.812. The van der Waals surface area contributed by atoms with Crippen molar-refractivity contribution in [2.45, 2.75) is 60.3 Å². The zero-order valence-electron chi connectivity index (χ0n) is 27.3. The molecule has 2 heterocycles. The van der Waals surface area contributed by atoms with Gasteiger partial charge in [0.1, 0.15) is 5.82 Å². The van der Waals surface area contributed by atoms with Crippen LogP contribution in [0.15, 0.2) is 102 Å². The van der Waals surface area contributed by atoms with E-state index in [0.29, 0.717) is 11.8 Å². The lowest BCUT2D eigenvalue weighted by Gasteiger charge is -2.24. The molecule has 0 saturated heterocycles. The van der Waals surface area contributed by atoms with Crippen LogP contribution in [0.25, 0.3) is 60.4 Å². The third-order valence-electron chi connectivity index (χ3n) is 9.08. The molecule has 3 heteroatoms. The molecule has 0 fully saturated rings. The lowest BCUT2D eigenvalue weighted by atomic mass is 9.88. The second-order valence-electron chi connectivity index (χ2n) is 13.1. The van der Waals surface area contributed by atoms with Crippen molar-refractivity contribution in [2.75, 3.05) is 0 Å². The molecule has 0 unspecified atom stereocenters. The third-order valence-corrected chi connectivity index (χ3v) is 10.0. The lowest BCUT2D eigenvalue weighted by Crippen LogP contribution is -2.09. The second-order valence-corrected chi connectivity index (χ2v) is 14.0. The Morgan fingerprint density at radius 1 is 0.644 bits per heavy atom. The van der Waals surface area contributed by atoms with Gasteiger partial charge in [0.05, 0.1) is 16.7 Å². The maximum absolute atomic E-state index is 5.38. The van der Waals surface area contributed by atoms with Crippen LogP contribution in [0.2, 0.25) is 0 Å². The largest absolute Gasteiger partial charge is 0.292 e. The van der Waals surface area contributed by atoms with Gasteiger partial charge in [0.15, 0.2) is 0 Å². The van der Waals surface area contributed by atoms with E-state index in [1.54, 1.807) is 11.3 Å². The summed E-state index contributed by atoms with van der Waals surface area (Å²) in [5.74, 6) is 1.66. The smallest absolute Gasteiger partial charge is 0.147 e. The number of fused-ring (bicyclic) bond motifs is 2. The van der Waals surface area contributed by atoms with E-state index in [2.05, 4.69) is 155 Å². The molecule has 224 valence electrons. The van der Waals surface area contributed by atoms with Gasteiger partial charge in [0.25, 0.3) is 0 Å². The molecule has 0 amide bonds. The molecule has 2 aromatic heterocycles. The van der Waals surface area contributed by atoms with E-state index >= 15 is 0 Å². The topological polar surface area (TPSA) is 17.8 Å². The first-order valence-electron chi connectivity index (χ1n) is 16.0. The molecule has 0 atom stereocenters. The molecule has 0 radical (unpaired) electrons. The van der Waals surface area contributed by atoms with Gasteiger partial charge in [0.2, 0.25) is 0 Å². The minimum Gasteiger partial charge on any atom is -0.292 e. The van der Waals surface area contributed by atoms with Gasteiger partial charge in [0, 0.05) is 21.0 Å². The average molecular weight is 605 g/mol. The number of benzene rings is 5. The third kappa shape index (κ3) is 5.10. The molecule has 0 spiro atoms. The highest BCUT2D eigenvalue weighted by atomic mass is 32.1. The summed E-state index contributed by atoms with van der Waals surface area (Å²) >= 11 is 1.80.